The van der Waals surface area contributed by atoms with Gasteiger partial charge in [0.1, 0.15) is 0 Å². The molecule has 0 bridgehead atoms. The monoisotopic (exact) mass is 330 g/mol. The molecule has 0 aromatic heterocycles. The fourth-order valence-electron chi connectivity index (χ4n) is 2.92. The lowest BCUT2D eigenvalue weighted by Gasteiger charge is -2.29. The number of anilines is 1. The van der Waals surface area contributed by atoms with Crippen molar-refractivity contribution in [2.24, 2.45) is 0 Å². The van der Waals surface area contributed by atoms with E-state index in [1.807, 2.05) is 12.1 Å². The van der Waals surface area contributed by atoms with Crippen LogP contribution in [0.5, 0.6) is 0 Å². The van der Waals surface area contributed by atoms with Crippen molar-refractivity contribution in [2.75, 3.05) is 18.4 Å². The van der Waals surface area contributed by atoms with Gasteiger partial charge >= 0.3 is 11.9 Å². The maximum atomic E-state index is 11.9. The summed E-state index contributed by atoms with van der Waals surface area (Å²) in [6, 6.07) is 8.01. The molecule has 2 N–H and O–H groups in total. The Balaban J connectivity index is 1.66. The Morgan fingerprint density at radius 1 is 1.17 bits per heavy atom. The van der Waals surface area contributed by atoms with E-state index in [1.54, 1.807) is 0 Å². The summed E-state index contributed by atoms with van der Waals surface area (Å²) in [7, 11) is 0. The molecule has 6 heteroatoms. The topological polar surface area (TPSA) is 76.7 Å². The van der Waals surface area contributed by atoms with Crippen molar-refractivity contribution in [2.45, 2.75) is 38.4 Å². The molecule has 6 nitrogen and oxygen atoms in total. The summed E-state index contributed by atoms with van der Waals surface area (Å²) < 4.78 is 10.1. The van der Waals surface area contributed by atoms with Crippen LogP contribution in [0.3, 0.4) is 0 Å². The highest BCUT2D eigenvalue weighted by molar-refractivity contribution is 6.15. The molecule has 0 saturated carbocycles. The molecule has 2 fully saturated rings. The van der Waals surface area contributed by atoms with Crippen LogP contribution in [0, 0.1) is 0 Å². The van der Waals surface area contributed by atoms with Gasteiger partial charge in [-0.3, -0.25) is 0 Å². The van der Waals surface area contributed by atoms with Gasteiger partial charge in [-0.25, -0.2) is 9.59 Å². The molecule has 2 heterocycles. The van der Waals surface area contributed by atoms with E-state index in [0.717, 1.165) is 18.8 Å². The number of benzene rings is 1. The van der Waals surface area contributed by atoms with Crippen LogP contribution < -0.4 is 10.6 Å². The van der Waals surface area contributed by atoms with E-state index in [0.29, 0.717) is 5.92 Å². The zero-order valence-corrected chi connectivity index (χ0v) is 13.9. The lowest BCUT2D eigenvalue weighted by atomic mass is 9.92. The van der Waals surface area contributed by atoms with Crippen LogP contribution in [0.2, 0.25) is 0 Å². The van der Waals surface area contributed by atoms with Gasteiger partial charge < -0.3 is 20.1 Å². The molecule has 0 radical (unpaired) electrons. The average Bonchev–Trinajstić information content (AvgIpc) is 2.54. The zero-order chi connectivity index (χ0) is 17.2. The van der Waals surface area contributed by atoms with Crippen molar-refractivity contribution in [3.05, 3.63) is 41.6 Å². The van der Waals surface area contributed by atoms with Gasteiger partial charge in [0.2, 0.25) is 0 Å². The highest BCUT2D eigenvalue weighted by atomic mass is 16.7. The number of esters is 2. The van der Waals surface area contributed by atoms with Gasteiger partial charge in [0.15, 0.2) is 5.57 Å². The predicted octanol–water partition coefficient (Wildman–Crippen LogP) is 2.29. The SMILES string of the molecule is CC1(C)OC(=O)C(=CNc2ccc(C3CCCNC3)cc2)C(=O)O1. The average molecular weight is 330 g/mol. The van der Waals surface area contributed by atoms with Crippen LogP contribution in [-0.4, -0.2) is 30.8 Å². The van der Waals surface area contributed by atoms with Crippen LogP contribution in [0.25, 0.3) is 0 Å². The molecule has 1 aromatic rings. The number of carbonyl (C=O) groups is 2. The van der Waals surface area contributed by atoms with Crippen LogP contribution in [0.4, 0.5) is 5.69 Å². The van der Waals surface area contributed by atoms with Gasteiger partial charge in [0, 0.05) is 32.3 Å². The van der Waals surface area contributed by atoms with E-state index in [-0.39, 0.29) is 5.57 Å². The highest BCUT2D eigenvalue weighted by Gasteiger charge is 2.38. The summed E-state index contributed by atoms with van der Waals surface area (Å²) in [5, 5.41) is 6.36. The van der Waals surface area contributed by atoms with Crippen LogP contribution in [0.1, 0.15) is 38.2 Å². The smallest absolute Gasteiger partial charge is 0.350 e. The lowest BCUT2D eigenvalue weighted by Crippen LogP contribution is -2.42. The summed E-state index contributed by atoms with van der Waals surface area (Å²) in [4.78, 5) is 23.7. The molecule has 0 amide bonds. The molecule has 1 unspecified atom stereocenters. The van der Waals surface area contributed by atoms with Gasteiger partial charge in [-0.1, -0.05) is 12.1 Å². The molecular weight excluding hydrogens is 308 g/mol. The fourth-order valence-corrected chi connectivity index (χ4v) is 2.92. The predicted molar refractivity (Wildman–Crippen MR) is 89.3 cm³/mol. The van der Waals surface area contributed by atoms with Gasteiger partial charge in [-0.2, -0.15) is 0 Å². The summed E-state index contributed by atoms with van der Waals surface area (Å²) in [5.41, 5.74) is 1.94. The molecule has 0 aliphatic carbocycles. The molecule has 1 atom stereocenters. The molecule has 3 rings (SSSR count). The molecule has 2 aliphatic rings. The first-order valence-corrected chi connectivity index (χ1v) is 8.19. The third-order valence-electron chi connectivity index (χ3n) is 4.18. The second-order valence-electron chi connectivity index (χ2n) is 6.55. The maximum Gasteiger partial charge on any atom is 0.350 e. The van der Waals surface area contributed by atoms with Crippen molar-refractivity contribution in [1.29, 1.82) is 0 Å². The van der Waals surface area contributed by atoms with E-state index < -0.39 is 17.7 Å². The third-order valence-corrected chi connectivity index (χ3v) is 4.18. The maximum absolute atomic E-state index is 11.9. The van der Waals surface area contributed by atoms with Crippen LogP contribution in [-0.2, 0) is 19.1 Å². The minimum absolute atomic E-state index is 0.144. The molecular formula is C18H22N2O4. The van der Waals surface area contributed by atoms with Crippen molar-refractivity contribution in [3.8, 4) is 0 Å². The second kappa shape index (κ2) is 6.65. The number of nitrogens with one attached hydrogen (secondary N) is 2. The number of ether oxygens (including phenoxy) is 2. The largest absolute Gasteiger partial charge is 0.419 e. The summed E-state index contributed by atoms with van der Waals surface area (Å²) in [6.45, 7) is 5.13. The van der Waals surface area contributed by atoms with E-state index in [9.17, 15) is 9.59 Å². The standard InChI is InChI=1S/C18H22N2O4/c1-18(2)23-16(21)15(17(22)24-18)11-20-14-7-5-12(6-8-14)13-4-3-9-19-10-13/h5-8,11,13,19-20H,3-4,9-10H2,1-2H3. The number of carbonyl (C=O) groups excluding carboxylic acids is 2. The first kappa shape index (κ1) is 16.5. The molecule has 24 heavy (non-hydrogen) atoms. The number of rotatable bonds is 3. The lowest BCUT2D eigenvalue weighted by molar-refractivity contribution is -0.222. The Hall–Kier alpha value is -2.34. The Labute approximate surface area is 141 Å². The van der Waals surface area contributed by atoms with E-state index in [2.05, 4.69) is 22.8 Å². The van der Waals surface area contributed by atoms with E-state index >= 15 is 0 Å². The molecule has 128 valence electrons. The number of hydrogen-bond donors (Lipinski definition) is 2. The van der Waals surface area contributed by atoms with Gasteiger partial charge in [-0.05, 0) is 43.0 Å². The number of hydrogen-bond acceptors (Lipinski definition) is 6. The van der Waals surface area contributed by atoms with Crippen molar-refractivity contribution >= 4 is 17.6 Å². The Bertz CT molecular complexity index is 636. The van der Waals surface area contributed by atoms with Crippen molar-refractivity contribution < 1.29 is 19.1 Å². The quantitative estimate of drug-likeness (QED) is 0.503. The molecule has 1 aromatic carbocycles. The Kier molecular flexibility index (Phi) is 4.57. The summed E-state index contributed by atoms with van der Waals surface area (Å²) >= 11 is 0. The highest BCUT2D eigenvalue weighted by Crippen LogP contribution is 2.25. The minimum Gasteiger partial charge on any atom is -0.419 e. The van der Waals surface area contributed by atoms with Gasteiger partial charge in [0.05, 0.1) is 0 Å². The molecule has 2 saturated heterocycles. The second-order valence-corrected chi connectivity index (χ2v) is 6.55. The third kappa shape index (κ3) is 3.76. The molecule has 0 spiro atoms. The fraction of sp³-hybridized carbons (Fsp3) is 0.444. The normalized spacial score (nSPS) is 23.2. The first-order chi connectivity index (χ1) is 11.4. The number of cyclic esters (lactones) is 2. The van der Waals surface area contributed by atoms with E-state index in [4.69, 9.17) is 9.47 Å². The molecule has 2 aliphatic heterocycles. The van der Waals surface area contributed by atoms with Gasteiger partial charge in [-0.15, -0.1) is 0 Å². The first-order valence-electron chi connectivity index (χ1n) is 8.19. The van der Waals surface area contributed by atoms with Gasteiger partial charge in [0.25, 0.3) is 5.79 Å². The summed E-state index contributed by atoms with van der Waals surface area (Å²) in [6.07, 6.45) is 3.71. The van der Waals surface area contributed by atoms with E-state index in [1.165, 1.54) is 38.5 Å². The van der Waals surface area contributed by atoms with Crippen molar-refractivity contribution in [1.82, 2.24) is 5.32 Å². The Morgan fingerprint density at radius 3 is 2.42 bits per heavy atom. The van der Waals surface area contributed by atoms with Crippen LogP contribution in [0.15, 0.2) is 36.0 Å². The zero-order valence-electron chi connectivity index (χ0n) is 13.9. The minimum atomic E-state index is -1.22. The number of piperidine rings is 1. The van der Waals surface area contributed by atoms with Crippen LogP contribution >= 0.6 is 0 Å². The van der Waals surface area contributed by atoms with Crippen molar-refractivity contribution in [3.63, 3.8) is 0 Å². The Morgan fingerprint density at radius 2 is 1.83 bits per heavy atom. The summed E-state index contributed by atoms with van der Waals surface area (Å²) in [5.74, 6) is -2.06.